The first-order valence-corrected chi connectivity index (χ1v) is 9.45. The quantitative estimate of drug-likeness (QED) is 0.602. The maximum absolute atomic E-state index is 12.6. The molecule has 2 atom stereocenters. The molecule has 0 radical (unpaired) electrons. The number of nitrogens with one attached hydrogen (secondary N) is 1. The van der Waals surface area contributed by atoms with Crippen molar-refractivity contribution in [3.8, 4) is 5.75 Å². The Morgan fingerprint density at radius 1 is 1.34 bits per heavy atom. The predicted octanol–water partition coefficient (Wildman–Crippen LogP) is 1.84. The maximum Gasteiger partial charge on any atom is 0.422 e. The van der Waals surface area contributed by atoms with Crippen LogP contribution in [0.15, 0.2) is 24.5 Å². The number of aromatic nitrogens is 4. The van der Waals surface area contributed by atoms with Crippen LogP contribution in [0.1, 0.15) is 38.2 Å². The number of alkyl halides is 3. The summed E-state index contributed by atoms with van der Waals surface area (Å²) in [6, 6.07) is 1.86. The van der Waals surface area contributed by atoms with Crippen LogP contribution >= 0.6 is 0 Å². The van der Waals surface area contributed by atoms with Gasteiger partial charge in [-0.05, 0) is 32.9 Å². The molecule has 0 spiro atoms. The van der Waals surface area contributed by atoms with E-state index >= 15 is 0 Å². The monoisotopic (exact) mass is 435 g/mol. The van der Waals surface area contributed by atoms with Crippen LogP contribution in [-0.4, -0.2) is 53.1 Å². The van der Waals surface area contributed by atoms with Crippen LogP contribution in [-0.2, 0) is 22.7 Å². The molecule has 0 fully saturated rings. The summed E-state index contributed by atoms with van der Waals surface area (Å²) >= 11 is -1.55. The number of hydrogen-bond donors (Lipinski definition) is 2. The van der Waals surface area contributed by atoms with Gasteiger partial charge in [0.2, 0.25) is 0 Å². The van der Waals surface area contributed by atoms with Crippen LogP contribution in [0.25, 0.3) is 0 Å². The molecule has 0 bridgehead atoms. The second kappa shape index (κ2) is 8.97. The van der Waals surface area contributed by atoms with E-state index in [0.29, 0.717) is 5.69 Å². The number of carbonyl (C=O) groups is 1. The third-order valence-corrected chi connectivity index (χ3v) is 4.95. The summed E-state index contributed by atoms with van der Waals surface area (Å²) in [6.45, 7) is 3.37. The van der Waals surface area contributed by atoms with Crippen LogP contribution < -0.4 is 9.46 Å². The van der Waals surface area contributed by atoms with E-state index in [1.54, 1.807) is 20.8 Å². The molecular weight excluding hydrogens is 415 g/mol. The number of pyridine rings is 1. The molecule has 13 heteroatoms. The van der Waals surface area contributed by atoms with Gasteiger partial charge in [0.1, 0.15) is 28.8 Å². The molecule has 0 amide bonds. The number of nitrogens with zero attached hydrogens (tertiary/aromatic N) is 4. The van der Waals surface area contributed by atoms with Gasteiger partial charge in [-0.2, -0.15) is 13.2 Å². The Morgan fingerprint density at radius 3 is 2.55 bits per heavy atom. The van der Waals surface area contributed by atoms with Gasteiger partial charge in [0.15, 0.2) is 6.61 Å². The SMILES string of the molecule is CC(C)(C)[S+]([O-])NC(c1ccc(OCC(F)(F)F)cn1)c1cn(CC(=O)O)nn1. The molecule has 2 aromatic heterocycles. The first kappa shape index (κ1) is 22.9. The van der Waals surface area contributed by atoms with Crippen LogP contribution in [0, 0.1) is 0 Å². The van der Waals surface area contributed by atoms with E-state index in [1.165, 1.54) is 18.3 Å². The standard InChI is InChI=1S/C16H20F3N5O4S/c1-15(2,3)29(27)22-14(12-7-24(23-21-12)8-13(25)26)11-5-4-10(6-20-11)28-9-16(17,18)19/h4-7,14,22H,8-9H2,1-3H3,(H,25,26). The second-order valence-electron chi connectivity index (χ2n) is 6.99. The fourth-order valence-corrected chi connectivity index (χ4v) is 2.84. The zero-order valence-electron chi connectivity index (χ0n) is 15.8. The lowest BCUT2D eigenvalue weighted by atomic mass is 10.1. The molecule has 29 heavy (non-hydrogen) atoms. The van der Waals surface area contributed by atoms with E-state index in [2.05, 4.69) is 24.8 Å². The highest BCUT2D eigenvalue weighted by molar-refractivity contribution is 7.90. The van der Waals surface area contributed by atoms with Gasteiger partial charge in [-0.15, -0.1) is 9.82 Å². The summed E-state index contributed by atoms with van der Waals surface area (Å²) in [5, 5.41) is 16.5. The van der Waals surface area contributed by atoms with Crippen molar-refractivity contribution in [2.75, 3.05) is 6.61 Å². The van der Waals surface area contributed by atoms with Crippen molar-refractivity contribution in [1.82, 2.24) is 24.7 Å². The zero-order valence-corrected chi connectivity index (χ0v) is 16.6. The average Bonchev–Trinajstić information content (AvgIpc) is 3.04. The summed E-state index contributed by atoms with van der Waals surface area (Å²) in [5.74, 6) is -1.20. The topological polar surface area (TPSA) is 125 Å². The molecule has 2 heterocycles. The Hall–Kier alpha value is -2.38. The third-order valence-electron chi connectivity index (χ3n) is 3.39. The maximum atomic E-state index is 12.6. The number of ether oxygens (including phenoxy) is 1. The molecule has 160 valence electrons. The molecule has 0 saturated heterocycles. The van der Waals surface area contributed by atoms with Crippen LogP contribution in [0.3, 0.4) is 0 Å². The molecule has 9 nitrogen and oxygen atoms in total. The number of aliphatic carboxylic acids is 1. The first-order chi connectivity index (χ1) is 13.3. The van der Waals surface area contributed by atoms with E-state index < -0.39 is 47.4 Å². The molecule has 0 aromatic carbocycles. The number of halogens is 3. The first-order valence-electron chi connectivity index (χ1n) is 8.30. The molecule has 0 aliphatic carbocycles. The Kier molecular flexibility index (Phi) is 7.08. The van der Waals surface area contributed by atoms with Gasteiger partial charge in [0.05, 0.1) is 18.1 Å². The third kappa shape index (κ3) is 7.18. The molecule has 2 N–H and O–H groups in total. The Balaban J connectivity index is 2.27. The van der Waals surface area contributed by atoms with Crippen molar-refractivity contribution in [2.24, 2.45) is 0 Å². The second-order valence-corrected chi connectivity index (χ2v) is 8.99. The summed E-state index contributed by atoms with van der Waals surface area (Å²) in [5.41, 5.74) is 0.546. The normalized spacial score (nSPS) is 14.4. The van der Waals surface area contributed by atoms with Gasteiger partial charge >= 0.3 is 12.1 Å². The number of carboxylic acids is 1. The number of rotatable bonds is 8. The molecule has 0 saturated carbocycles. The lowest BCUT2D eigenvalue weighted by Gasteiger charge is -2.27. The van der Waals surface area contributed by atoms with E-state index in [0.717, 1.165) is 10.9 Å². The Bertz CT molecular complexity index is 823. The van der Waals surface area contributed by atoms with E-state index in [-0.39, 0.29) is 11.4 Å². The van der Waals surface area contributed by atoms with Gasteiger partial charge < -0.3 is 14.4 Å². The minimum atomic E-state index is -4.48. The Morgan fingerprint density at radius 2 is 2.03 bits per heavy atom. The minimum absolute atomic E-state index is 0.0868. The highest BCUT2D eigenvalue weighted by Crippen LogP contribution is 2.25. The fraction of sp³-hybridized carbons (Fsp3) is 0.500. The highest BCUT2D eigenvalue weighted by atomic mass is 32.2. The number of carboxylic acid groups (broad SMARTS) is 1. The summed E-state index contributed by atoms with van der Waals surface area (Å²) in [4.78, 5) is 14.9. The smallest absolute Gasteiger partial charge is 0.422 e. The summed E-state index contributed by atoms with van der Waals surface area (Å²) < 4.78 is 57.3. The molecular formula is C16H20F3N5O4S. The van der Waals surface area contributed by atoms with E-state index in [1.807, 2.05) is 0 Å². The lowest BCUT2D eigenvalue weighted by Crippen LogP contribution is -2.41. The lowest BCUT2D eigenvalue weighted by molar-refractivity contribution is -0.153. The zero-order chi connectivity index (χ0) is 21.8. The predicted molar refractivity (Wildman–Crippen MR) is 96.3 cm³/mol. The van der Waals surface area contributed by atoms with Crippen molar-refractivity contribution >= 4 is 17.3 Å². The van der Waals surface area contributed by atoms with Crippen LogP contribution in [0.5, 0.6) is 5.75 Å². The fourth-order valence-electron chi connectivity index (χ4n) is 2.03. The van der Waals surface area contributed by atoms with Crippen molar-refractivity contribution in [3.05, 3.63) is 35.9 Å². The molecule has 2 unspecified atom stereocenters. The molecule has 0 aliphatic rings. The molecule has 2 aromatic rings. The highest BCUT2D eigenvalue weighted by Gasteiger charge is 2.33. The van der Waals surface area contributed by atoms with E-state index in [4.69, 9.17) is 5.11 Å². The van der Waals surface area contributed by atoms with Crippen molar-refractivity contribution in [3.63, 3.8) is 0 Å². The minimum Gasteiger partial charge on any atom is -0.598 e. The van der Waals surface area contributed by atoms with Crippen molar-refractivity contribution in [1.29, 1.82) is 0 Å². The van der Waals surface area contributed by atoms with Gasteiger partial charge in [-0.1, -0.05) is 5.21 Å². The van der Waals surface area contributed by atoms with Gasteiger partial charge in [-0.3, -0.25) is 9.78 Å². The van der Waals surface area contributed by atoms with Crippen LogP contribution in [0.2, 0.25) is 0 Å². The van der Waals surface area contributed by atoms with Crippen molar-refractivity contribution in [2.45, 2.75) is 44.3 Å². The van der Waals surface area contributed by atoms with Crippen LogP contribution in [0.4, 0.5) is 13.2 Å². The van der Waals surface area contributed by atoms with E-state index in [9.17, 15) is 22.5 Å². The largest absolute Gasteiger partial charge is 0.598 e. The van der Waals surface area contributed by atoms with Gasteiger partial charge in [-0.25, -0.2) is 4.68 Å². The summed E-state index contributed by atoms with van der Waals surface area (Å²) in [7, 11) is 0. The molecule has 0 aliphatic heterocycles. The summed E-state index contributed by atoms with van der Waals surface area (Å²) in [6.07, 6.45) is -2.01. The molecule has 2 rings (SSSR count). The Labute approximate surface area is 167 Å². The van der Waals surface area contributed by atoms with Gasteiger partial charge in [0.25, 0.3) is 0 Å². The van der Waals surface area contributed by atoms with Gasteiger partial charge in [0, 0.05) is 11.4 Å². The van der Waals surface area contributed by atoms with Crippen molar-refractivity contribution < 1.29 is 32.4 Å². The number of hydrogen-bond acceptors (Lipinski definition) is 7. The average molecular weight is 435 g/mol.